The zero-order valence-corrected chi connectivity index (χ0v) is 31.6. The maximum Gasteiger partial charge on any atom is 0.180 e. The van der Waals surface area contributed by atoms with Crippen molar-refractivity contribution in [3.8, 4) is 39.5 Å². The molecular weight excluding hydrogens is 723 g/mol. The topological polar surface area (TPSA) is 57.0 Å². The first kappa shape index (κ1) is 32.1. The van der Waals surface area contributed by atoms with E-state index < -0.39 is 0 Å². The highest BCUT2D eigenvalue weighted by Gasteiger charge is 2.24. The second-order valence-electron chi connectivity index (χ2n) is 15.3. The minimum Gasteiger partial charge on any atom is -0.456 e. The number of fused-ring (bicyclic) bond motifs is 13. The maximum atomic E-state index is 6.69. The molecule has 0 N–H and O–H groups in total. The Hall–Kier alpha value is -8.02. The summed E-state index contributed by atoms with van der Waals surface area (Å²) in [6.07, 6.45) is 0. The fourth-order valence-corrected chi connectivity index (χ4v) is 9.35. The standard InChI is InChI=1S/C54H31N3O2/c1-3-13-32(14-4-1)35-24-27-46-41(30-35)52-53(59-46)51(34-16-5-2-6-17-34)55-54(56-52)42-31-37(29-36-25-28-47-50(48(36)42)40-20-10-12-22-45(40)58-47)57-43-21-11-9-19-39(43)49-38-18-8-7-15-33(38)23-26-44(49)57/h1-31H. The molecule has 0 unspecified atom stereocenters. The highest BCUT2D eigenvalue weighted by Crippen LogP contribution is 2.44. The summed E-state index contributed by atoms with van der Waals surface area (Å²) in [5, 5.41) is 10.0. The summed E-state index contributed by atoms with van der Waals surface area (Å²) < 4.78 is 15.6. The van der Waals surface area contributed by atoms with E-state index in [-0.39, 0.29) is 0 Å². The van der Waals surface area contributed by atoms with Crippen molar-refractivity contribution in [2.75, 3.05) is 0 Å². The van der Waals surface area contributed by atoms with Crippen molar-refractivity contribution in [2.24, 2.45) is 0 Å². The fraction of sp³-hybridized carbons (Fsp3) is 0. The van der Waals surface area contributed by atoms with Crippen LogP contribution in [-0.2, 0) is 0 Å². The third kappa shape index (κ3) is 4.73. The molecule has 0 saturated carbocycles. The lowest BCUT2D eigenvalue weighted by Gasteiger charge is -2.15. The van der Waals surface area contributed by atoms with Gasteiger partial charge >= 0.3 is 0 Å². The number of rotatable bonds is 4. The molecule has 4 heterocycles. The van der Waals surface area contributed by atoms with Gasteiger partial charge in [0.05, 0.1) is 11.0 Å². The molecule has 0 saturated heterocycles. The van der Waals surface area contributed by atoms with Gasteiger partial charge in [-0.3, -0.25) is 0 Å². The van der Waals surface area contributed by atoms with Crippen molar-refractivity contribution in [3.05, 3.63) is 188 Å². The Morgan fingerprint density at radius 2 is 1.08 bits per heavy atom. The molecule has 13 aromatic rings. The van der Waals surface area contributed by atoms with Crippen molar-refractivity contribution in [2.45, 2.75) is 0 Å². The van der Waals surface area contributed by atoms with Crippen LogP contribution in [0.25, 0.3) is 127 Å². The lowest BCUT2D eigenvalue weighted by atomic mass is 9.97. The lowest BCUT2D eigenvalue weighted by Crippen LogP contribution is -1.99. The second kappa shape index (κ2) is 12.2. The van der Waals surface area contributed by atoms with E-state index in [1.807, 2.05) is 36.4 Å². The summed E-state index contributed by atoms with van der Waals surface area (Å²) in [5.74, 6) is 0.611. The molecule has 0 fully saturated rings. The van der Waals surface area contributed by atoms with Crippen LogP contribution < -0.4 is 0 Å². The summed E-state index contributed by atoms with van der Waals surface area (Å²) in [6.45, 7) is 0. The molecule has 9 aromatic carbocycles. The van der Waals surface area contributed by atoms with Crippen molar-refractivity contribution < 1.29 is 8.83 Å². The molecule has 0 radical (unpaired) electrons. The van der Waals surface area contributed by atoms with Crippen molar-refractivity contribution >= 4 is 87.4 Å². The number of hydrogen-bond acceptors (Lipinski definition) is 4. The smallest absolute Gasteiger partial charge is 0.180 e. The summed E-state index contributed by atoms with van der Waals surface area (Å²) >= 11 is 0. The van der Waals surface area contributed by atoms with Gasteiger partial charge < -0.3 is 13.4 Å². The van der Waals surface area contributed by atoms with Gasteiger partial charge in [0.1, 0.15) is 28.0 Å². The van der Waals surface area contributed by atoms with Crippen LogP contribution in [0.3, 0.4) is 0 Å². The zero-order chi connectivity index (χ0) is 38.6. The van der Waals surface area contributed by atoms with E-state index in [0.717, 1.165) is 93.9 Å². The van der Waals surface area contributed by atoms with E-state index in [4.69, 9.17) is 18.8 Å². The Morgan fingerprint density at radius 3 is 1.95 bits per heavy atom. The average molecular weight is 754 g/mol. The van der Waals surface area contributed by atoms with Crippen LogP contribution in [0.15, 0.2) is 197 Å². The number of aromatic nitrogens is 3. The molecule has 4 aromatic heterocycles. The molecule has 0 atom stereocenters. The Morgan fingerprint density at radius 1 is 0.390 bits per heavy atom. The van der Waals surface area contributed by atoms with Crippen molar-refractivity contribution in [1.29, 1.82) is 0 Å². The number of hydrogen-bond donors (Lipinski definition) is 0. The molecule has 5 heteroatoms. The first-order valence-corrected chi connectivity index (χ1v) is 19.9. The Labute approximate surface area is 337 Å². The summed E-state index contributed by atoms with van der Waals surface area (Å²) in [4.78, 5) is 11.0. The van der Waals surface area contributed by atoms with Gasteiger partial charge in [0, 0.05) is 49.1 Å². The van der Waals surface area contributed by atoms with Crippen LogP contribution >= 0.6 is 0 Å². The number of benzene rings is 9. The van der Waals surface area contributed by atoms with Crippen LogP contribution in [0.4, 0.5) is 0 Å². The van der Waals surface area contributed by atoms with Gasteiger partial charge in [-0.1, -0.05) is 140 Å². The highest BCUT2D eigenvalue weighted by atomic mass is 16.3. The summed E-state index contributed by atoms with van der Waals surface area (Å²) in [6, 6.07) is 66.1. The van der Waals surface area contributed by atoms with E-state index >= 15 is 0 Å². The predicted molar refractivity (Wildman–Crippen MR) is 242 cm³/mol. The van der Waals surface area contributed by atoms with Crippen LogP contribution in [0, 0.1) is 0 Å². The normalized spacial score (nSPS) is 12.1. The number of nitrogens with zero attached hydrogens (tertiary/aromatic N) is 3. The minimum absolute atomic E-state index is 0.611. The quantitative estimate of drug-likeness (QED) is 0.180. The van der Waals surface area contributed by atoms with Gasteiger partial charge in [0.2, 0.25) is 0 Å². The second-order valence-corrected chi connectivity index (χ2v) is 15.3. The van der Waals surface area contributed by atoms with E-state index in [2.05, 4.69) is 156 Å². The number of para-hydroxylation sites is 2. The van der Waals surface area contributed by atoms with Crippen molar-refractivity contribution in [3.63, 3.8) is 0 Å². The number of furan rings is 2. The van der Waals surface area contributed by atoms with E-state index in [0.29, 0.717) is 11.4 Å². The summed E-state index contributed by atoms with van der Waals surface area (Å²) in [7, 11) is 0. The van der Waals surface area contributed by atoms with Gasteiger partial charge in [-0.2, -0.15) is 0 Å². The first-order chi connectivity index (χ1) is 29.2. The molecule has 5 nitrogen and oxygen atoms in total. The molecule has 274 valence electrons. The largest absolute Gasteiger partial charge is 0.456 e. The predicted octanol–water partition coefficient (Wildman–Crippen LogP) is 14.7. The summed E-state index contributed by atoms with van der Waals surface area (Å²) in [5.41, 5.74) is 12.0. The molecular formula is C54H31N3O2. The van der Waals surface area contributed by atoms with Gasteiger partial charge in [-0.25, -0.2) is 9.97 Å². The molecule has 0 aliphatic rings. The Bertz CT molecular complexity index is 3840. The Kier molecular flexibility index (Phi) is 6.66. The molecule has 13 rings (SSSR count). The van der Waals surface area contributed by atoms with Crippen LogP contribution in [0.2, 0.25) is 0 Å². The molecule has 0 aliphatic heterocycles. The molecule has 0 bridgehead atoms. The molecule has 0 aliphatic carbocycles. The van der Waals surface area contributed by atoms with Gasteiger partial charge in [0.25, 0.3) is 0 Å². The SMILES string of the molecule is c1ccc(-c2ccc3oc4c(-c5ccccc5)nc(-c5cc(-n6c7ccccc7c7c8ccccc8ccc76)cc6ccc7oc8ccccc8c7c56)nc4c3c2)cc1. The zero-order valence-electron chi connectivity index (χ0n) is 31.6. The Balaban J connectivity index is 1.18. The van der Waals surface area contributed by atoms with Crippen LogP contribution in [0.5, 0.6) is 0 Å². The third-order valence-electron chi connectivity index (χ3n) is 12.0. The van der Waals surface area contributed by atoms with Crippen LogP contribution in [-0.4, -0.2) is 14.5 Å². The van der Waals surface area contributed by atoms with Crippen LogP contribution in [0.1, 0.15) is 0 Å². The molecule has 0 spiro atoms. The molecule has 59 heavy (non-hydrogen) atoms. The van der Waals surface area contributed by atoms with E-state index in [9.17, 15) is 0 Å². The first-order valence-electron chi connectivity index (χ1n) is 19.9. The van der Waals surface area contributed by atoms with Gasteiger partial charge in [0.15, 0.2) is 11.4 Å². The minimum atomic E-state index is 0.611. The van der Waals surface area contributed by atoms with Crippen molar-refractivity contribution in [1.82, 2.24) is 14.5 Å². The van der Waals surface area contributed by atoms with E-state index in [1.165, 1.54) is 21.5 Å². The van der Waals surface area contributed by atoms with Gasteiger partial charge in [-0.15, -0.1) is 0 Å². The third-order valence-corrected chi connectivity index (χ3v) is 12.0. The fourth-order valence-electron chi connectivity index (χ4n) is 9.35. The monoisotopic (exact) mass is 753 g/mol. The van der Waals surface area contributed by atoms with E-state index in [1.54, 1.807) is 0 Å². The average Bonchev–Trinajstić information content (AvgIpc) is 3.98. The molecule has 0 amide bonds. The van der Waals surface area contributed by atoms with Gasteiger partial charge in [-0.05, 0) is 75.8 Å². The lowest BCUT2D eigenvalue weighted by molar-refractivity contribution is 0.667. The highest BCUT2D eigenvalue weighted by molar-refractivity contribution is 6.24. The maximum absolute atomic E-state index is 6.69.